The fourth-order valence-corrected chi connectivity index (χ4v) is 5.01. The van der Waals surface area contributed by atoms with E-state index in [1.807, 2.05) is 26.1 Å². The molecule has 0 spiro atoms. The maximum atomic E-state index is 4.51. The first-order valence-corrected chi connectivity index (χ1v) is 12.1. The van der Waals surface area contributed by atoms with Gasteiger partial charge in [-0.25, -0.2) is 4.98 Å². The van der Waals surface area contributed by atoms with Crippen LogP contribution in [0, 0.1) is 11.8 Å². The zero-order chi connectivity index (χ0) is 20.5. The zero-order valence-electron chi connectivity index (χ0n) is 19.1. The number of likely N-dealkylation sites (tertiary alicyclic amines) is 1. The van der Waals surface area contributed by atoms with Gasteiger partial charge in [-0.2, -0.15) is 0 Å². The van der Waals surface area contributed by atoms with Gasteiger partial charge in [-0.3, -0.25) is 0 Å². The van der Waals surface area contributed by atoms with Gasteiger partial charge < -0.3 is 19.6 Å². The Hall–Kier alpha value is -1.17. The van der Waals surface area contributed by atoms with Crippen molar-refractivity contribution in [2.24, 2.45) is 11.8 Å². The zero-order valence-corrected chi connectivity index (χ0v) is 19.1. The summed E-state index contributed by atoms with van der Waals surface area (Å²) in [7, 11) is 2.26. The lowest BCUT2D eigenvalue weighted by molar-refractivity contribution is 0.0880. The number of pyridine rings is 1. The van der Waals surface area contributed by atoms with Crippen LogP contribution in [0.3, 0.4) is 0 Å². The van der Waals surface area contributed by atoms with Gasteiger partial charge >= 0.3 is 0 Å². The van der Waals surface area contributed by atoms with Gasteiger partial charge in [0.05, 0.1) is 0 Å². The van der Waals surface area contributed by atoms with Gasteiger partial charge in [0.1, 0.15) is 5.82 Å². The molecule has 0 saturated carbocycles. The maximum Gasteiger partial charge on any atom is 0.128 e. The van der Waals surface area contributed by atoms with Crippen molar-refractivity contribution in [3.63, 3.8) is 0 Å². The van der Waals surface area contributed by atoms with Crippen molar-refractivity contribution in [1.82, 2.24) is 19.7 Å². The summed E-state index contributed by atoms with van der Waals surface area (Å²) in [5, 5.41) is 0. The van der Waals surface area contributed by atoms with Gasteiger partial charge in [0.25, 0.3) is 0 Å². The van der Waals surface area contributed by atoms with E-state index in [1.165, 1.54) is 78.0 Å². The molecule has 0 amide bonds. The molecule has 3 saturated heterocycles. The molecule has 0 atom stereocenters. The molecule has 1 aromatic heterocycles. The van der Waals surface area contributed by atoms with Crippen molar-refractivity contribution in [2.45, 2.75) is 39.5 Å². The summed E-state index contributed by atoms with van der Waals surface area (Å²) in [6.45, 7) is 16.7. The smallest absolute Gasteiger partial charge is 0.128 e. The molecule has 3 aliphatic heterocycles. The van der Waals surface area contributed by atoms with Gasteiger partial charge in [-0.15, -0.1) is 0 Å². The number of rotatable bonds is 5. The van der Waals surface area contributed by atoms with E-state index in [-0.39, 0.29) is 0 Å². The standard InChI is InChI=1S/C22H37N5.C2H6/c1-24-10-5-20(6-11-24)18-25-14-16-26(17-15-25)19-21-7-12-27(13-8-21)22-4-2-3-9-23-22;1-2/h2-4,9,20-21H,5-8,10-19H2,1H3;1-2H3. The van der Waals surface area contributed by atoms with Gasteiger partial charge in [0.15, 0.2) is 0 Å². The third-order valence-electron chi connectivity index (χ3n) is 6.92. The summed E-state index contributed by atoms with van der Waals surface area (Å²) in [6.07, 6.45) is 7.32. The number of anilines is 1. The normalized spacial score (nSPS) is 23.6. The molecule has 4 rings (SSSR count). The molecule has 0 aliphatic carbocycles. The molecule has 0 aromatic carbocycles. The molecule has 164 valence electrons. The molecule has 3 aliphatic rings. The Labute approximate surface area is 179 Å². The first kappa shape index (κ1) is 22.5. The Balaban J connectivity index is 0.00000117. The Kier molecular flexibility index (Phi) is 9.22. The largest absolute Gasteiger partial charge is 0.357 e. The SMILES string of the molecule is CC.CN1CCC(CN2CCN(CC3CCN(c4ccccn4)CC3)CC2)CC1. The van der Waals surface area contributed by atoms with Crippen LogP contribution in [0.4, 0.5) is 5.82 Å². The Morgan fingerprint density at radius 3 is 1.76 bits per heavy atom. The summed E-state index contributed by atoms with van der Waals surface area (Å²) >= 11 is 0. The predicted molar refractivity (Wildman–Crippen MR) is 124 cm³/mol. The number of hydrogen-bond acceptors (Lipinski definition) is 5. The van der Waals surface area contributed by atoms with E-state index in [1.54, 1.807) is 0 Å². The summed E-state index contributed by atoms with van der Waals surface area (Å²) in [4.78, 5) is 14.9. The van der Waals surface area contributed by atoms with Crippen LogP contribution in [-0.4, -0.2) is 92.2 Å². The lowest BCUT2D eigenvalue weighted by atomic mass is 9.95. The molecule has 1 aromatic rings. The Morgan fingerprint density at radius 1 is 0.759 bits per heavy atom. The maximum absolute atomic E-state index is 4.51. The van der Waals surface area contributed by atoms with E-state index in [0.717, 1.165) is 30.7 Å². The Bertz CT molecular complexity index is 542. The van der Waals surface area contributed by atoms with Gasteiger partial charge in [-0.1, -0.05) is 19.9 Å². The van der Waals surface area contributed by atoms with E-state index in [4.69, 9.17) is 0 Å². The van der Waals surface area contributed by atoms with Crippen LogP contribution in [0.5, 0.6) is 0 Å². The van der Waals surface area contributed by atoms with Crippen molar-refractivity contribution in [1.29, 1.82) is 0 Å². The van der Waals surface area contributed by atoms with Crippen LogP contribution >= 0.6 is 0 Å². The quantitative estimate of drug-likeness (QED) is 0.754. The highest BCUT2D eigenvalue weighted by molar-refractivity contribution is 5.37. The number of aromatic nitrogens is 1. The molecular weight excluding hydrogens is 358 g/mol. The number of piperazine rings is 1. The molecule has 0 unspecified atom stereocenters. The van der Waals surface area contributed by atoms with Crippen molar-refractivity contribution < 1.29 is 0 Å². The fourth-order valence-electron chi connectivity index (χ4n) is 5.01. The molecule has 4 heterocycles. The summed E-state index contributed by atoms with van der Waals surface area (Å²) < 4.78 is 0. The highest BCUT2D eigenvalue weighted by Crippen LogP contribution is 2.23. The summed E-state index contributed by atoms with van der Waals surface area (Å²) in [6, 6.07) is 6.24. The number of nitrogens with zero attached hydrogens (tertiary/aromatic N) is 5. The molecule has 5 nitrogen and oxygen atoms in total. The second-order valence-corrected chi connectivity index (χ2v) is 8.97. The predicted octanol–water partition coefficient (Wildman–Crippen LogP) is 3.28. The molecule has 0 radical (unpaired) electrons. The van der Waals surface area contributed by atoms with E-state index < -0.39 is 0 Å². The van der Waals surface area contributed by atoms with Crippen LogP contribution in [0.1, 0.15) is 39.5 Å². The third kappa shape index (κ3) is 6.94. The molecule has 0 bridgehead atoms. The highest BCUT2D eigenvalue weighted by Gasteiger charge is 2.26. The first-order valence-electron chi connectivity index (χ1n) is 12.1. The van der Waals surface area contributed by atoms with Crippen molar-refractivity contribution in [3.8, 4) is 0 Å². The third-order valence-corrected chi connectivity index (χ3v) is 6.92. The minimum Gasteiger partial charge on any atom is -0.357 e. The van der Waals surface area contributed by atoms with Crippen LogP contribution in [0.15, 0.2) is 24.4 Å². The van der Waals surface area contributed by atoms with Crippen LogP contribution < -0.4 is 4.90 Å². The van der Waals surface area contributed by atoms with Crippen LogP contribution in [0.25, 0.3) is 0 Å². The fraction of sp³-hybridized carbons (Fsp3) is 0.792. The van der Waals surface area contributed by atoms with E-state index >= 15 is 0 Å². The topological polar surface area (TPSA) is 25.9 Å². The summed E-state index contributed by atoms with van der Waals surface area (Å²) in [5.41, 5.74) is 0. The lowest BCUT2D eigenvalue weighted by Crippen LogP contribution is -2.50. The molecular formula is C24H43N5. The second kappa shape index (κ2) is 11.9. The van der Waals surface area contributed by atoms with Crippen LogP contribution in [-0.2, 0) is 0 Å². The Morgan fingerprint density at radius 2 is 1.28 bits per heavy atom. The summed E-state index contributed by atoms with van der Waals surface area (Å²) in [5.74, 6) is 2.95. The molecule has 0 N–H and O–H groups in total. The lowest BCUT2D eigenvalue weighted by Gasteiger charge is -2.40. The van der Waals surface area contributed by atoms with Crippen LogP contribution in [0.2, 0.25) is 0 Å². The molecule has 3 fully saturated rings. The van der Waals surface area contributed by atoms with E-state index in [0.29, 0.717) is 0 Å². The van der Waals surface area contributed by atoms with Crippen molar-refractivity contribution in [2.75, 3.05) is 77.4 Å². The molecule has 29 heavy (non-hydrogen) atoms. The van der Waals surface area contributed by atoms with E-state index in [2.05, 4.69) is 43.8 Å². The van der Waals surface area contributed by atoms with Crippen molar-refractivity contribution in [3.05, 3.63) is 24.4 Å². The first-order chi connectivity index (χ1) is 14.3. The highest BCUT2D eigenvalue weighted by atomic mass is 15.3. The number of piperidine rings is 2. The number of hydrogen-bond donors (Lipinski definition) is 0. The van der Waals surface area contributed by atoms with Gasteiger partial charge in [-0.05, 0) is 69.8 Å². The average molecular weight is 402 g/mol. The monoisotopic (exact) mass is 401 g/mol. The van der Waals surface area contributed by atoms with Gasteiger partial charge in [0.2, 0.25) is 0 Å². The van der Waals surface area contributed by atoms with E-state index in [9.17, 15) is 0 Å². The van der Waals surface area contributed by atoms with Crippen molar-refractivity contribution >= 4 is 5.82 Å². The van der Waals surface area contributed by atoms with Gasteiger partial charge in [0, 0.05) is 58.6 Å². The second-order valence-electron chi connectivity index (χ2n) is 8.97. The average Bonchev–Trinajstić information content (AvgIpc) is 2.79. The minimum atomic E-state index is 0.866. The minimum absolute atomic E-state index is 0.866. The molecule has 5 heteroatoms.